The number of hydrogen-bond acceptors (Lipinski definition) is 2. The lowest BCUT2D eigenvalue weighted by atomic mass is 9.91. The summed E-state index contributed by atoms with van der Waals surface area (Å²) in [5.74, 6) is -1.14. The first-order valence-corrected chi connectivity index (χ1v) is 3.40. The van der Waals surface area contributed by atoms with E-state index < -0.39 is 11.4 Å². The summed E-state index contributed by atoms with van der Waals surface area (Å²) in [6.07, 6.45) is 0. The molecule has 0 aromatic rings. The lowest BCUT2D eigenvalue weighted by Gasteiger charge is -2.18. The molecule has 0 rings (SSSR count). The van der Waals surface area contributed by atoms with Crippen molar-refractivity contribution < 1.29 is 15.0 Å². The van der Waals surface area contributed by atoms with Crippen molar-refractivity contribution in [2.45, 2.75) is 27.7 Å². The molecule has 0 saturated carbocycles. The highest BCUT2D eigenvalue weighted by molar-refractivity contribution is 5.86. The largest absolute Gasteiger partial charge is 0.511 e. The van der Waals surface area contributed by atoms with E-state index in [-0.39, 0.29) is 11.3 Å². The molecule has 0 fully saturated rings. The van der Waals surface area contributed by atoms with Crippen LogP contribution in [0.5, 0.6) is 0 Å². The summed E-state index contributed by atoms with van der Waals surface area (Å²) >= 11 is 0. The van der Waals surface area contributed by atoms with Gasteiger partial charge in [-0.05, 0) is 6.92 Å². The van der Waals surface area contributed by atoms with Crippen molar-refractivity contribution in [3.05, 3.63) is 11.3 Å². The first kappa shape index (κ1) is 10.0. The standard InChI is InChI=1S/C8H14O3/c1-5(7(10)11)6(9)8(2,3)4/h9H,1-4H3,(H,10,11)/b6-5-. The monoisotopic (exact) mass is 158 g/mol. The maximum atomic E-state index is 10.4. The highest BCUT2D eigenvalue weighted by atomic mass is 16.4. The molecule has 3 nitrogen and oxygen atoms in total. The smallest absolute Gasteiger partial charge is 0.334 e. The molecule has 0 radical (unpaired) electrons. The Hall–Kier alpha value is -0.990. The molecule has 0 bridgehead atoms. The summed E-state index contributed by atoms with van der Waals surface area (Å²) in [6.45, 7) is 6.67. The van der Waals surface area contributed by atoms with Gasteiger partial charge in [-0.1, -0.05) is 20.8 Å². The van der Waals surface area contributed by atoms with E-state index in [0.29, 0.717) is 0 Å². The van der Waals surface area contributed by atoms with Gasteiger partial charge < -0.3 is 10.2 Å². The first-order chi connectivity index (χ1) is 4.76. The van der Waals surface area contributed by atoms with Gasteiger partial charge in [0.25, 0.3) is 0 Å². The predicted octanol–water partition coefficient (Wildman–Crippen LogP) is 1.95. The molecule has 0 aromatic carbocycles. The van der Waals surface area contributed by atoms with Gasteiger partial charge in [0, 0.05) is 5.41 Å². The lowest BCUT2D eigenvalue weighted by Crippen LogP contribution is -2.14. The number of allylic oxidation sites excluding steroid dienone is 1. The van der Waals surface area contributed by atoms with E-state index >= 15 is 0 Å². The Morgan fingerprint density at radius 1 is 1.18 bits per heavy atom. The molecular formula is C8H14O3. The third-order valence-corrected chi connectivity index (χ3v) is 1.39. The molecule has 3 heteroatoms. The number of aliphatic hydroxyl groups excluding tert-OH is 1. The number of carbonyl (C=O) groups is 1. The van der Waals surface area contributed by atoms with Gasteiger partial charge >= 0.3 is 5.97 Å². The van der Waals surface area contributed by atoms with Crippen LogP contribution in [0.2, 0.25) is 0 Å². The van der Waals surface area contributed by atoms with Gasteiger partial charge in [0.1, 0.15) is 5.76 Å². The Morgan fingerprint density at radius 3 is 1.64 bits per heavy atom. The SMILES string of the molecule is C/C(C(=O)O)=C(/O)C(C)(C)C. The molecule has 64 valence electrons. The highest BCUT2D eigenvalue weighted by Crippen LogP contribution is 2.25. The van der Waals surface area contributed by atoms with Crippen LogP contribution in [-0.2, 0) is 4.79 Å². The van der Waals surface area contributed by atoms with Crippen LogP contribution in [-0.4, -0.2) is 16.2 Å². The second kappa shape index (κ2) is 2.95. The van der Waals surface area contributed by atoms with Crippen molar-refractivity contribution in [2.24, 2.45) is 5.41 Å². The average Bonchev–Trinajstić information content (AvgIpc) is 1.82. The number of carboxylic acids is 1. The zero-order valence-electron chi connectivity index (χ0n) is 7.30. The number of aliphatic carboxylic acids is 1. The molecule has 0 spiro atoms. The van der Waals surface area contributed by atoms with Crippen molar-refractivity contribution in [3.63, 3.8) is 0 Å². The molecule has 0 saturated heterocycles. The number of rotatable bonds is 1. The minimum atomic E-state index is -1.07. The summed E-state index contributed by atoms with van der Waals surface area (Å²) in [6, 6.07) is 0. The minimum Gasteiger partial charge on any atom is -0.511 e. The third-order valence-electron chi connectivity index (χ3n) is 1.39. The van der Waals surface area contributed by atoms with Gasteiger partial charge in [-0.3, -0.25) is 0 Å². The number of aliphatic hydroxyl groups is 1. The van der Waals surface area contributed by atoms with E-state index in [1.165, 1.54) is 6.92 Å². The third kappa shape index (κ3) is 2.62. The van der Waals surface area contributed by atoms with Crippen molar-refractivity contribution in [1.29, 1.82) is 0 Å². The van der Waals surface area contributed by atoms with Gasteiger partial charge in [-0.2, -0.15) is 0 Å². The van der Waals surface area contributed by atoms with Crippen LogP contribution in [0.4, 0.5) is 0 Å². The van der Waals surface area contributed by atoms with Crippen LogP contribution in [0, 0.1) is 5.41 Å². The molecular weight excluding hydrogens is 144 g/mol. The number of hydrogen-bond donors (Lipinski definition) is 2. The topological polar surface area (TPSA) is 57.5 Å². The van der Waals surface area contributed by atoms with E-state index in [9.17, 15) is 9.90 Å². The van der Waals surface area contributed by atoms with Gasteiger partial charge in [0.15, 0.2) is 0 Å². The Bertz CT molecular complexity index is 196. The van der Waals surface area contributed by atoms with E-state index in [0.717, 1.165) is 0 Å². The first-order valence-electron chi connectivity index (χ1n) is 3.40. The van der Waals surface area contributed by atoms with E-state index in [2.05, 4.69) is 0 Å². The second-order valence-electron chi connectivity index (χ2n) is 3.53. The van der Waals surface area contributed by atoms with Gasteiger partial charge in [0.05, 0.1) is 5.57 Å². The maximum absolute atomic E-state index is 10.4. The molecule has 2 N–H and O–H groups in total. The Kier molecular flexibility index (Phi) is 2.68. The van der Waals surface area contributed by atoms with Crippen molar-refractivity contribution in [2.75, 3.05) is 0 Å². The second-order valence-corrected chi connectivity index (χ2v) is 3.53. The van der Waals surface area contributed by atoms with Crippen molar-refractivity contribution in [1.82, 2.24) is 0 Å². The van der Waals surface area contributed by atoms with E-state index in [1.54, 1.807) is 20.8 Å². The molecule has 0 aliphatic carbocycles. The summed E-state index contributed by atoms with van der Waals surface area (Å²) in [5.41, 5.74) is -0.472. The molecule has 0 aromatic heterocycles. The molecule has 0 aliphatic heterocycles. The summed E-state index contributed by atoms with van der Waals surface area (Å²) < 4.78 is 0. The van der Waals surface area contributed by atoms with Crippen LogP contribution in [0.1, 0.15) is 27.7 Å². The fourth-order valence-corrected chi connectivity index (χ4v) is 0.664. The van der Waals surface area contributed by atoms with Gasteiger partial charge in [-0.25, -0.2) is 4.79 Å². The Balaban J connectivity index is 4.82. The van der Waals surface area contributed by atoms with Crippen LogP contribution >= 0.6 is 0 Å². The molecule has 11 heavy (non-hydrogen) atoms. The Morgan fingerprint density at radius 2 is 1.55 bits per heavy atom. The van der Waals surface area contributed by atoms with E-state index in [1.807, 2.05) is 0 Å². The zero-order valence-corrected chi connectivity index (χ0v) is 7.30. The average molecular weight is 158 g/mol. The normalized spacial score (nSPS) is 14.2. The molecule has 0 unspecified atom stereocenters. The summed E-state index contributed by atoms with van der Waals surface area (Å²) in [7, 11) is 0. The predicted molar refractivity (Wildman–Crippen MR) is 42.4 cm³/mol. The van der Waals surface area contributed by atoms with Gasteiger partial charge in [-0.15, -0.1) is 0 Å². The lowest BCUT2D eigenvalue weighted by molar-refractivity contribution is -0.132. The summed E-state index contributed by atoms with van der Waals surface area (Å²) in [4.78, 5) is 10.4. The van der Waals surface area contributed by atoms with Gasteiger partial charge in [0.2, 0.25) is 0 Å². The fourth-order valence-electron chi connectivity index (χ4n) is 0.664. The molecule has 0 heterocycles. The minimum absolute atomic E-state index is 0.0116. The van der Waals surface area contributed by atoms with Crippen LogP contribution < -0.4 is 0 Å². The highest BCUT2D eigenvalue weighted by Gasteiger charge is 2.21. The Labute approximate surface area is 66.4 Å². The van der Waals surface area contributed by atoms with Crippen molar-refractivity contribution in [3.8, 4) is 0 Å². The molecule has 0 atom stereocenters. The maximum Gasteiger partial charge on any atom is 0.334 e. The zero-order chi connectivity index (χ0) is 9.23. The fraction of sp³-hybridized carbons (Fsp3) is 0.625. The quantitative estimate of drug-likeness (QED) is 0.453. The van der Waals surface area contributed by atoms with Crippen LogP contribution in [0.25, 0.3) is 0 Å². The molecule has 0 amide bonds. The van der Waals surface area contributed by atoms with Crippen molar-refractivity contribution >= 4 is 5.97 Å². The summed E-state index contributed by atoms with van der Waals surface area (Å²) in [5, 5.41) is 17.8. The number of carboxylic acid groups (broad SMARTS) is 1. The van der Waals surface area contributed by atoms with E-state index in [4.69, 9.17) is 5.11 Å². The molecule has 0 aliphatic rings. The van der Waals surface area contributed by atoms with Crippen LogP contribution in [0.15, 0.2) is 11.3 Å². The van der Waals surface area contributed by atoms with Crippen LogP contribution in [0.3, 0.4) is 0 Å².